The first kappa shape index (κ1) is 68.1. The molecule has 6 heteroatoms. The molecular formula is C66H110O6. The van der Waals surface area contributed by atoms with Gasteiger partial charge in [-0.25, -0.2) is 0 Å². The topological polar surface area (TPSA) is 78.9 Å². The molecule has 0 aliphatic rings. The largest absolute Gasteiger partial charge is 0.462 e. The van der Waals surface area contributed by atoms with E-state index in [9.17, 15) is 14.4 Å². The standard InChI is InChI=1S/C66H110O6/c1-4-7-10-13-16-19-22-24-25-26-27-28-29-30-31-32-33-34-35-36-37-38-39-40-41-43-44-47-50-53-56-59-65(68)71-62-63(61-70-64(67)58-55-52-49-46-21-18-15-12-9-6-3)72-66(69)60-57-54-51-48-45-42-23-20-17-14-11-8-5-2/h7-8,10-11,16-17,19-20,24-25,27-28,30-31,33-34,42,45,63H,4-6,9,12-15,18,21-23,26,29,32,35-41,43-44,46-62H2,1-3H3/b10-7-,11-8-,19-16-,20-17-,25-24-,28-27-,31-30-,34-33-,45-42-. The molecule has 0 aliphatic heterocycles. The van der Waals surface area contributed by atoms with Crippen LogP contribution >= 0.6 is 0 Å². The van der Waals surface area contributed by atoms with Gasteiger partial charge in [-0.1, -0.05) is 259 Å². The van der Waals surface area contributed by atoms with Gasteiger partial charge >= 0.3 is 17.9 Å². The number of hydrogen-bond acceptors (Lipinski definition) is 6. The van der Waals surface area contributed by atoms with Crippen LogP contribution in [0.25, 0.3) is 0 Å². The fraction of sp³-hybridized carbons (Fsp3) is 0.682. The van der Waals surface area contributed by atoms with Gasteiger partial charge in [0.05, 0.1) is 0 Å². The zero-order valence-electron chi connectivity index (χ0n) is 46.9. The van der Waals surface area contributed by atoms with Crippen LogP contribution in [0.4, 0.5) is 0 Å². The molecule has 0 bridgehead atoms. The van der Waals surface area contributed by atoms with Crippen molar-refractivity contribution in [1.82, 2.24) is 0 Å². The molecule has 0 heterocycles. The SMILES string of the molecule is CC/C=C\C/C=C\C/C=C\C/C=C\C/C=C\C/C=C\CCCCCCCCCCCCCCC(=O)OCC(COC(=O)CCCCCCCCCCCC)OC(=O)CCCCC/C=C\C/C=C\C/C=C\CC. The number of carbonyl (C=O) groups is 3. The Hall–Kier alpha value is -3.93. The summed E-state index contributed by atoms with van der Waals surface area (Å²) < 4.78 is 16.8. The van der Waals surface area contributed by atoms with Crippen molar-refractivity contribution in [3.63, 3.8) is 0 Å². The molecule has 0 aromatic carbocycles. The Balaban J connectivity index is 4.17. The molecule has 0 rings (SSSR count). The quantitative estimate of drug-likeness (QED) is 0.0261. The molecule has 0 aromatic rings. The van der Waals surface area contributed by atoms with Gasteiger partial charge in [0, 0.05) is 19.3 Å². The van der Waals surface area contributed by atoms with Crippen LogP contribution < -0.4 is 0 Å². The Bertz CT molecular complexity index is 1470. The van der Waals surface area contributed by atoms with E-state index in [1.807, 2.05) is 0 Å². The van der Waals surface area contributed by atoms with Crippen molar-refractivity contribution < 1.29 is 28.6 Å². The zero-order chi connectivity index (χ0) is 52.2. The van der Waals surface area contributed by atoms with Gasteiger partial charge in [-0.2, -0.15) is 0 Å². The number of esters is 3. The second kappa shape index (κ2) is 59.6. The first-order valence-electron chi connectivity index (χ1n) is 29.9. The molecule has 0 saturated heterocycles. The van der Waals surface area contributed by atoms with Crippen molar-refractivity contribution in [1.29, 1.82) is 0 Å². The van der Waals surface area contributed by atoms with Crippen LogP contribution in [0.3, 0.4) is 0 Å². The van der Waals surface area contributed by atoms with E-state index in [-0.39, 0.29) is 31.1 Å². The van der Waals surface area contributed by atoms with Gasteiger partial charge in [0.1, 0.15) is 13.2 Å². The van der Waals surface area contributed by atoms with Crippen molar-refractivity contribution in [3.8, 4) is 0 Å². The minimum atomic E-state index is -0.792. The number of hydrogen-bond donors (Lipinski definition) is 0. The molecule has 0 N–H and O–H groups in total. The summed E-state index contributed by atoms with van der Waals surface area (Å²) in [6.45, 7) is 6.37. The van der Waals surface area contributed by atoms with Gasteiger partial charge in [-0.15, -0.1) is 0 Å². The first-order valence-corrected chi connectivity index (χ1v) is 29.9. The van der Waals surface area contributed by atoms with Crippen LogP contribution in [0.1, 0.15) is 271 Å². The number of allylic oxidation sites excluding steroid dienone is 18. The number of unbranched alkanes of at least 4 members (excludes halogenated alkanes) is 24. The van der Waals surface area contributed by atoms with E-state index >= 15 is 0 Å². The van der Waals surface area contributed by atoms with Crippen LogP contribution in [-0.2, 0) is 28.6 Å². The second-order valence-corrected chi connectivity index (χ2v) is 19.5. The van der Waals surface area contributed by atoms with Gasteiger partial charge in [0.2, 0.25) is 0 Å². The van der Waals surface area contributed by atoms with Gasteiger partial charge in [0.15, 0.2) is 6.10 Å². The lowest BCUT2D eigenvalue weighted by Crippen LogP contribution is -2.30. The third-order valence-corrected chi connectivity index (χ3v) is 12.5. The fourth-order valence-corrected chi connectivity index (χ4v) is 8.11. The lowest BCUT2D eigenvalue weighted by Gasteiger charge is -2.18. The highest BCUT2D eigenvalue weighted by atomic mass is 16.6. The lowest BCUT2D eigenvalue weighted by atomic mass is 10.0. The molecule has 0 saturated carbocycles. The normalized spacial score (nSPS) is 12.9. The molecule has 1 atom stereocenters. The van der Waals surface area contributed by atoms with Gasteiger partial charge in [0.25, 0.3) is 0 Å². The summed E-state index contributed by atoms with van der Waals surface area (Å²) in [4.78, 5) is 38.0. The van der Waals surface area contributed by atoms with Crippen molar-refractivity contribution in [2.24, 2.45) is 0 Å². The molecule has 1 unspecified atom stereocenters. The molecule has 0 aromatic heterocycles. The monoisotopic (exact) mass is 999 g/mol. The average Bonchev–Trinajstić information content (AvgIpc) is 3.38. The number of ether oxygens (including phenoxy) is 3. The van der Waals surface area contributed by atoms with Gasteiger partial charge in [-0.05, 0) is 103 Å². The summed E-state index contributed by atoms with van der Waals surface area (Å²) in [5.74, 6) is -0.920. The molecule has 410 valence electrons. The van der Waals surface area contributed by atoms with E-state index in [0.717, 1.165) is 122 Å². The smallest absolute Gasteiger partial charge is 0.306 e. The summed E-state index contributed by atoms with van der Waals surface area (Å²) in [6, 6.07) is 0. The number of rotatable bonds is 53. The summed E-state index contributed by atoms with van der Waals surface area (Å²) in [5.41, 5.74) is 0. The van der Waals surface area contributed by atoms with Crippen LogP contribution in [0.2, 0.25) is 0 Å². The summed E-state index contributed by atoms with van der Waals surface area (Å²) in [7, 11) is 0. The minimum Gasteiger partial charge on any atom is -0.462 e. The predicted octanol–water partition coefficient (Wildman–Crippen LogP) is 20.3. The number of carbonyl (C=O) groups excluding carboxylic acids is 3. The van der Waals surface area contributed by atoms with Gasteiger partial charge < -0.3 is 14.2 Å². The summed E-state index contributed by atoms with van der Waals surface area (Å²) >= 11 is 0. The van der Waals surface area contributed by atoms with E-state index in [0.29, 0.717) is 19.3 Å². The maximum atomic E-state index is 12.8. The minimum absolute atomic E-state index is 0.0885. The molecule has 72 heavy (non-hydrogen) atoms. The summed E-state index contributed by atoms with van der Waals surface area (Å²) in [6.07, 6.45) is 81.0. The molecule has 0 radical (unpaired) electrons. The Kier molecular flexibility index (Phi) is 56.4. The zero-order valence-corrected chi connectivity index (χ0v) is 46.9. The fourth-order valence-electron chi connectivity index (χ4n) is 8.11. The highest BCUT2D eigenvalue weighted by molar-refractivity contribution is 5.71. The predicted molar refractivity (Wildman–Crippen MR) is 311 cm³/mol. The van der Waals surface area contributed by atoms with Gasteiger partial charge in [-0.3, -0.25) is 14.4 Å². The van der Waals surface area contributed by atoms with Crippen LogP contribution in [0.15, 0.2) is 109 Å². The molecule has 0 fully saturated rings. The Labute approximate surface area is 444 Å². The van der Waals surface area contributed by atoms with Crippen molar-refractivity contribution >= 4 is 17.9 Å². The molecule has 0 aliphatic carbocycles. The second-order valence-electron chi connectivity index (χ2n) is 19.5. The lowest BCUT2D eigenvalue weighted by molar-refractivity contribution is -0.167. The maximum absolute atomic E-state index is 12.8. The average molecular weight is 1000 g/mol. The highest BCUT2D eigenvalue weighted by Gasteiger charge is 2.19. The first-order chi connectivity index (χ1) is 35.5. The van der Waals surface area contributed by atoms with Crippen molar-refractivity contribution in [3.05, 3.63) is 109 Å². The maximum Gasteiger partial charge on any atom is 0.306 e. The van der Waals surface area contributed by atoms with Crippen molar-refractivity contribution in [2.45, 2.75) is 277 Å². The molecule has 0 spiro atoms. The Morgan fingerprint density at radius 2 is 0.542 bits per heavy atom. The van der Waals surface area contributed by atoms with E-state index in [2.05, 4.69) is 130 Å². The van der Waals surface area contributed by atoms with Crippen molar-refractivity contribution in [2.75, 3.05) is 13.2 Å². The van der Waals surface area contributed by atoms with E-state index in [1.165, 1.54) is 109 Å². The summed E-state index contributed by atoms with van der Waals surface area (Å²) in [5, 5.41) is 0. The Morgan fingerprint density at radius 1 is 0.292 bits per heavy atom. The van der Waals surface area contributed by atoms with Crippen LogP contribution in [0.5, 0.6) is 0 Å². The highest BCUT2D eigenvalue weighted by Crippen LogP contribution is 2.15. The van der Waals surface area contributed by atoms with Crippen LogP contribution in [0, 0.1) is 0 Å². The van der Waals surface area contributed by atoms with E-state index < -0.39 is 6.10 Å². The third-order valence-electron chi connectivity index (χ3n) is 12.5. The van der Waals surface area contributed by atoms with E-state index in [1.54, 1.807) is 0 Å². The van der Waals surface area contributed by atoms with Crippen LogP contribution in [-0.4, -0.2) is 37.2 Å². The molecule has 0 amide bonds. The molecular weight excluding hydrogens is 889 g/mol. The molecule has 6 nitrogen and oxygen atoms in total. The Morgan fingerprint density at radius 3 is 0.861 bits per heavy atom. The third kappa shape index (κ3) is 57.0. The van der Waals surface area contributed by atoms with E-state index in [4.69, 9.17) is 14.2 Å².